The van der Waals surface area contributed by atoms with Gasteiger partial charge in [-0.15, -0.1) is 0 Å². The SMILES string of the molecule is Cc1cc(-n2nc3c(c2N2C[C@@H]4COc5c(cc(F)c6c5cnn6C5CC5)N4C2=O)[C@H](C)N(C(=O)c2cc4cc([C@H]5CCOC(C)(C)C5)ccc4n2[C@@]2(c4noc(=O)[nH]4)C[C@@H]2C)CC3)cc(C)c1F. The van der Waals surface area contributed by atoms with Crippen LogP contribution in [0.2, 0.25) is 0 Å². The predicted molar refractivity (Wildman–Crippen MR) is 251 cm³/mol. The van der Waals surface area contributed by atoms with Gasteiger partial charge in [-0.1, -0.05) is 18.1 Å². The van der Waals surface area contributed by atoms with Crippen LogP contribution in [0.15, 0.2) is 58.0 Å². The number of anilines is 2. The molecule has 2 saturated carbocycles. The smallest absolute Gasteiger partial charge is 0.438 e. The van der Waals surface area contributed by atoms with Gasteiger partial charge >= 0.3 is 11.8 Å². The highest BCUT2D eigenvalue weighted by Gasteiger charge is 2.59. The van der Waals surface area contributed by atoms with Crippen molar-refractivity contribution in [2.75, 3.05) is 36.1 Å². The van der Waals surface area contributed by atoms with E-state index < -0.39 is 35.2 Å². The summed E-state index contributed by atoms with van der Waals surface area (Å²) in [6.07, 6.45) is 6.18. The van der Waals surface area contributed by atoms with Crippen molar-refractivity contribution in [2.24, 2.45) is 5.92 Å². The van der Waals surface area contributed by atoms with E-state index in [-0.39, 0.29) is 48.4 Å². The molecule has 3 amide bonds. The number of carbonyl (C=O) groups is 2. The largest absolute Gasteiger partial charge is 0.488 e. The van der Waals surface area contributed by atoms with Crippen molar-refractivity contribution in [3.8, 4) is 11.4 Å². The number of halogens is 2. The van der Waals surface area contributed by atoms with Crippen LogP contribution in [0.5, 0.6) is 5.75 Å². The summed E-state index contributed by atoms with van der Waals surface area (Å²) in [5, 5.41) is 15.3. The Kier molecular flexibility index (Phi) is 8.95. The number of carbonyl (C=O) groups excluding carboxylic acids is 2. The minimum Gasteiger partial charge on any atom is -0.488 e. The molecule has 4 aromatic heterocycles. The Morgan fingerprint density at radius 2 is 1.75 bits per heavy atom. The molecule has 8 heterocycles. The number of hydrogen-bond donors (Lipinski definition) is 1. The number of amides is 3. The van der Waals surface area contributed by atoms with Crippen LogP contribution in [0.4, 0.5) is 25.1 Å². The maximum absolute atomic E-state index is 16.2. The molecule has 4 aliphatic heterocycles. The average molecular weight is 939 g/mol. The van der Waals surface area contributed by atoms with E-state index in [0.29, 0.717) is 93.7 Å². The van der Waals surface area contributed by atoms with Gasteiger partial charge in [0.1, 0.15) is 35.0 Å². The number of benzene rings is 3. The van der Waals surface area contributed by atoms with Gasteiger partial charge in [0.2, 0.25) is 0 Å². The Hall–Kier alpha value is -6.82. The molecule has 6 aliphatic rings. The third kappa shape index (κ3) is 6.18. The van der Waals surface area contributed by atoms with Crippen LogP contribution in [0.3, 0.4) is 0 Å². The summed E-state index contributed by atoms with van der Waals surface area (Å²) in [7, 11) is 0. The molecule has 13 rings (SSSR count). The molecule has 0 radical (unpaired) electrons. The van der Waals surface area contributed by atoms with E-state index in [4.69, 9.17) is 19.1 Å². The molecular weight excluding hydrogens is 887 g/mol. The maximum Gasteiger partial charge on any atom is 0.438 e. The Morgan fingerprint density at radius 1 is 0.971 bits per heavy atom. The molecule has 7 aromatic rings. The van der Waals surface area contributed by atoms with Crippen LogP contribution in [0.1, 0.15) is 122 Å². The van der Waals surface area contributed by atoms with Crippen molar-refractivity contribution < 1.29 is 32.4 Å². The zero-order chi connectivity index (χ0) is 47.6. The van der Waals surface area contributed by atoms with Crippen LogP contribution in [0, 0.1) is 31.4 Å². The number of ether oxygens (including phenoxy) is 2. The second-order valence-electron chi connectivity index (χ2n) is 20.9. The zero-order valence-electron chi connectivity index (χ0n) is 39.3. The molecule has 4 fully saturated rings. The number of aryl methyl sites for hydroxylation is 2. The quantitative estimate of drug-likeness (QED) is 0.165. The summed E-state index contributed by atoms with van der Waals surface area (Å²) < 4.78 is 54.5. The van der Waals surface area contributed by atoms with E-state index in [0.717, 1.165) is 36.6 Å². The minimum atomic E-state index is -0.855. The fraction of sp³-hybridized carbons (Fsp3) is 0.451. The normalized spacial score (nSPS) is 25.0. The van der Waals surface area contributed by atoms with E-state index in [2.05, 4.69) is 54.2 Å². The van der Waals surface area contributed by atoms with Gasteiger partial charge in [-0.2, -0.15) is 10.2 Å². The molecule has 3 aromatic carbocycles. The van der Waals surface area contributed by atoms with Crippen LogP contribution >= 0.6 is 0 Å². The van der Waals surface area contributed by atoms with E-state index in [9.17, 15) is 4.79 Å². The van der Waals surface area contributed by atoms with Gasteiger partial charge in [0.15, 0.2) is 17.4 Å². The van der Waals surface area contributed by atoms with Gasteiger partial charge in [-0.3, -0.25) is 28.8 Å². The summed E-state index contributed by atoms with van der Waals surface area (Å²) in [4.78, 5) is 51.3. The highest BCUT2D eigenvalue weighted by molar-refractivity contribution is 6.10. The van der Waals surface area contributed by atoms with E-state index >= 15 is 18.4 Å². The van der Waals surface area contributed by atoms with E-state index in [1.807, 2.05) is 22.5 Å². The summed E-state index contributed by atoms with van der Waals surface area (Å²) in [6.45, 7) is 13.0. The van der Waals surface area contributed by atoms with Crippen molar-refractivity contribution in [3.05, 3.63) is 110 Å². The molecular formula is C51H52F2N10O6. The van der Waals surface area contributed by atoms with Gasteiger partial charge in [0, 0.05) is 42.1 Å². The predicted octanol–water partition coefficient (Wildman–Crippen LogP) is 8.51. The maximum atomic E-state index is 16.2. The first-order valence-electron chi connectivity index (χ1n) is 24.1. The number of rotatable bonds is 7. The van der Waals surface area contributed by atoms with E-state index in [1.165, 1.54) is 11.6 Å². The highest BCUT2D eigenvalue weighted by atomic mass is 19.1. The molecule has 356 valence electrons. The first-order chi connectivity index (χ1) is 33.1. The van der Waals surface area contributed by atoms with Crippen LogP contribution < -0.4 is 20.3 Å². The molecule has 5 atom stereocenters. The third-order valence-electron chi connectivity index (χ3n) is 15.9. The molecule has 2 saturated heterocycles. The first kappa shape index (κ1) is 42.3. The number of urea groups is 1. The lowest BCUT2D eigenvalue weighted by Crippen LogP contribution is -2.42. The van der Waals surface area contributed by atoms with Crippen LogP contribution in [-0.4, -0.2) is 89.1 Å². The number of aromatic amines is 1. The Balaban J connectivity index is 0.929. The standard InChI is InChI=1S/C51H52F2N10O6/c1-25-15-33(16-26(2)42(25)53)63-45(59-23-34-24-67-44-35-22-54-62(32-8-9-32)43(35)36(52)19-39(44)60(34)49(59)66)41-28(4)58(13-11-37(41)56-63)46(64)40-18-31-17-29(30-12-14-68-50(5,6)21-30)7-10-38(31)61(40)51(20-27(51)3)47-55-48(65)69-57-47/h7,10,15-19,22,27-28,30,32,34H,8-9,11-14,20-21,23-24H2,1-6H3,(H,55,57,65)/t27-,28-,30-,34+,51-/m0/s1. The van der Waals surface area contributed by atoms with Crippen molar-refractivity contribution in [2.45, 2.75) is 115 Å². The molecule has 2 aliphatic carbocycles. The lowest BCUT2D eigenvalue weighted by atomic mass is 9.83. The molecule has 16 nitrogen and oxygen atoms in total. The first-order valence-corrected chi connectivity index (χ1v) is 24.1. The van der Waals surface area contributed by atoms with Gasteiger partial charge in [-0.25, -0.2) is 23.1 Å². The lowest BCUT2D eigenvalue weighted by molar-refractivity contribution is -0.0592. The lowest BCUT2D eigenvalue weighted by Gasteiger charge is -2.35. The molecule has 69 heavy (non-hydrogen) atoms. The zero-order valence-corrected chi connectivity index (χ0v) is 39.3. The van der Waals surface area contributed by atoms with Crippen LogP contribution in [-0.2, 0) is 16.7 Å². The van der Waals surface area contributed by atoms with Crippen molar-refractivity contribution in [1.82, 2.24) is 39.2 Å². The molecule has 0 bridgehead atoms. The average Bonchev–Trinajstić information content (AvgIpc) is 3.86. The molecule has 1 N–H and O–H groups in total. The van der Waals surface area contributed by atoms with Gasteiger partial charge in [0.25, 0.3) is 5.91 Å². The highest BCUT2D eigenvalue weighted by Crippen LogP contribution is 2.56. The summed E-state index contributed by atoms with van der Waals surface area (Å²) in [6, 6.07) is 11.8. The van der Waals surface area contributed by atoms with Gasteiger partial charge < -0.3 is 18.9 Å². The van der Waals surface area contributed by atoms with Gasteiger partial charge in [0.05, 0.1) is 58.9 Å². The molecule has 0 unspecified atom stereocenters. The van der Waals surface area contributed by atoms with Crippen molar-refractivity contribution >= 4 is 45.2 Å². The monoisotopic (exact) mass is 938 g/mol. The van der Waals surface area contributed by atoms with Crippen molar-refractivity contribution in [3.63, 3.8) is 0 Å². The minimum absolute atomic E-state index is 0.00184. The summed E-state index contributed by atoms with van der Waals surface area (Å²) >= 11 is 0. The number of H-pyrrole nitrogens is 1. The number of aromatic nitrogens is 7. The van der Waals surface area contributed by atoms with Crippen molar-refractivity contribution in [1.29, 1.82) is 0 Å². The summed E-state index contributed by atoms with van der Waals surface area (Å²) in [5.41, 5.74) is 4.78. The fourth-order valence-corrected chi connectivity index (χ4v) is 12.3. The third-order valence-corrected chi connectivity index (χ3v) is 15.9. The topological polar surface area (TPSA) is 162 Å². The number of nitrogens with zero attached hydrogens (tertiary/aromatic N) is 9. The van der Waals surface area contributed by atoms with Crippen LogP contribution in [0.25, 0.3) is 27.5 Å². The summed E-state index contributed by atoms with van der Waals surface area (Å²) in [5.74, 6) is -0.244. The number of hydrogen-bond acceptors (Lipinski definition) is 9. The fourth-order valence-electron chi connectivity index (χ4n) is 12.3. The van der Waals surface area contributed by atoms with Gasteiger partial charge in [-0.05, 0) is 126 Å². The Labute approximate surface area is 394 Å². The number of nitrogens with one attached hydrogen (secondary N) is 1. The Morgan fingerprint density at radius 3 is 2.46 bits per heavy atom. The second-order valence-corrected chi connectivity index (χ2v) is 20.9. The second kappa shape index (κ2) is 14.6. The van der Waals surface area contributed by atoms with E-state index in [1.54, 1.807) is 51.3 Å². The molecule has 18 heteroatoms. The Bertz CT molecular complexity index is 3390. The molecule has 0 spiro atoms. The number of fused-ring (bicyclic) bond motifs is 7.